The van der Waals surface area contributed by atoms with Crippen molar-refractivity contribution in [2.45, 2.75) is 31.3 Å². The number of barbiturate groups is 1. The van der Waals surface area contributed by atoms with Gasteiger partial charge in [0, 0.05) is 35.6 Å². The summed E-state index contributed by atoms with van der Waals surface area (Å²) < 4.78 is 5.90. The van der Waals surface area contributed by atoms with E-state index in [0.717, 1.165) is 47.5 Å². The first kappa shape index (κ1) is 31.6. The Morgan fingerprint density at radius 3 is 1.96 bits per heavy atom. The summed E-state index contributed by atoms with van der Waals surface area (Å²) >= 11 is 6.09. The number of nitrogens with one attached hydrogen (secondary N) is 1. The van der Waals surface area contributed by atoms with Crippen molar-refractivity contribution in [2.75, 3.05) is 22.9 Å². The Kier molecular flexibility index (Phi) is 8.43. The molecule has 50 heavy (non-hydrogen) atoms. The molecule has 248 valence electrons. The van der Waals surface area contributed by atoms with Crippen LogP contribution in [-0.2, 0) is 16.2 Å². The third kappa shape index (κ3) is 6.05. The number of imide groups is 2. The van der Waals surface area contributed by atoms with Crippen molar-refractivity contribution in [1.82, 2.24) is 5.32 Å². The molecule has 0 bridgehead atoms. The number of amides is 4. The molecule has 4 amide bonds. The van der Waals surface area contributed by atoms with Crippen molar-refractivity contribution in [3.05, 3.63) is 165 Å². The molecule has 1 saturated heterocycles. The maximum absolute atomic E-state index is 14.2. The molecule has 8 heteroatoms. The number of halogens is 1. The summed E-state index contributed by atoms with van der Waals surface area (Å²) in [5.41, 5.74) is 7.64. The lowest BCUT2D eigenvalue weighted by Crippen LogP contribution is -2.54. The lowest BCUT2D eigenvalue weighted by Gasteiger charge is -2.44. The lowest BCUT2D eigenvalue weighted by molar-refractivity contribution is -0.122. The van der Waals surface area contributed by atoms with Gasteiger partial charge in [-0.15, -0.1) is 0 Å². The van der Waals surface area contributed by atoms with Crippen LogP contribution in [0.3, 0.4) is 0 Å². The van der Waals surface area contributed by atoms with Crippen LogP contribution in [0.25, 0.3) is 6.08 Å². The van der Waals surface area contributed by atoms with Gasteiger partial charge < -0.3 is 9.64 Å². The molecule has 0 spiro atoms. The average molecular weight is 680 g/mol. The molecule has 3 heterocycles. The summed E-state index contributed by atoms with van der Waals surface area (Å²) in [7, 11) is 0. The topological polar surface area (TPSA) is 79.0 Å². The zero-order valence-corrected chi connectivity index (χ0v) is 28.0. The molecule has 0 aliphatic carbocycles. The summed E-state index contributed by atoms with van der Waals surface area (Å²) in [6.07, 6.45) is 3.35. The van der Waals surface area contributed by atoms with Gasteiger partial charge in [0.2, 0.25) is 0 Å². The van der Waals surface area contributed by atoms with Crippen LogP contribution >= 0.6 is 11.6 Å². The number of carbonyl (C=O) groups is 3. The van der Waals surface area contributed by atoms with Crippen LogP contribution < -0.4 is 19.9 Å². The van der Waals surface area contributed by atoms with Crippen LogP contribution in [0.2, 0.25) is 5.02 Å². The number of hydrogen-bond acceptors (Lipinski definition) is 5. The highest BCUT2D eigenvalue weighted by molar-refractivity contribution is 6.39. The second-order valence-electron chi connectivity index (χ2n) is 12.9. The minimum atomic E-state index is -0.759. The van der Waals surface area contributed by atoms with Gasteiger partial charge in [-0.05, 0) is 88.7 Å². The molecule has 0 unspecified atom stereocenters. The molecule has 5 aromatic rings. The van der Waals surface area contributed by atoms with Crippen molar-refractivity contribution in [3.63, 3.8) is 0 Å². The predicted octanol–water partition coefficient (Wildman–Crippen LogP) is 8.46. The van der Waals surface area contributed by atoms with Crippen LogP contribution in [0.15, 0.2) is 127 Å². The first-order valence-electron chi connectivity index (χ1n) is 16.8. The second-order valence-corrected chi connectivity index (χ2v) is 13.3. The molecule has 0 saturated carbocycles. The number of hydrogen-bond donors (Lipinski definition) is 1. The molecule has 3 aliphatic rings. The smallest absolute Gasteiger partial charge is 0.335 e. The van der Waals surface area contributed by atoms with Crippen molar-refractivity contribution < 1.29 is 19.1 Å². The number of carbonyl (C=O) groups excluding carboxylic acids is 3. The summed E-state index contributed by atoms with van der Waals surface area (Å²) in [5, 5.41) is 3.06. The molecule has 5 aromatic carbocycles. The quantitative estimate of drug-likeness (QED) is 0.138. The van der Waals surface area contributed by atoms with E-state index < -0.39 is 17.8 Å². The van der Waals surface area contributed by atoms with E-state index in [4.69, 9.17) is 16.3 Å². The number of anilines is 2. The molecule has 8 rings (SSSR count). The number of ether oxygens (including phenoxy) is 1. The Morgan fingerprint density at radius 2 is 1.36 bits per heavy atom. The largest absolute Gasteiger partial charge is 0.489 e. The zero-order chi connectivity index (χ0) is 34.2. The van der Waals surface area contributed by atoms with Gasteiger partial charge in [-0.1, -0.05) is 96.5 Å². The molecule has 7 nitrogen and oxygen atoms in total. The van der Waals surface area contributed by atoms with Crippen molar-refractivity contribution in [1.29, 1.82) is 0 Å². The van der Waals surface area contributed by atoms with Crippen LogP contribution in [0.5, 0.6) is 5.75 Å². The maximum Gasteiger partial charge on any atom is 0.335 e. The third-order valence-corrected chi connectivity index (χ3v) is 10.1. The molecule has 0 radical (unpaired) electrons. The van der Waals surface area contributed by atoms with Crippen LogP contribution in [0.1, 0.15) is 58.1 Å². The van der Waals surface area contributed by atoms with Crippen molar-refractivity contribution >= 4 is 46.9 Å². The number of rotatable bonds is 7. The third-order valence-electron chi connectivity index (χ3n) is 9.85. The number of nitrogens with zero attached hydrogens (tertiary/aromatic N) is 2. The van der Waals surface area contributed by atoms with E-state index in [1.165, 1.54) is 22.9 Å². The molecular formula is C42H34ClN3O4. The minimum absolute atomic E-state index is 0.0925. The van der Waals surface area contributed by atoms with Gasteiger partial charge in [0.25, 0.3) is 11.8 Å². The SMILES string of the molecule is O=C1NC(=O)N(c2cc3c4c(c2)[C@H](c2ccccc2)CCN4CC[C@@H]3c2ccccc2)C(=O)/C1=C/c1ccc(OCc2cccc(Cl)c2)cc1. The monoisotopic (exact) mass is 679 g/mol. The van der Waals surface area contributed by atoms with E-state index >= 15 is 0 Å². The fraction of sp³-hybridized carbons (Fsp3) is 0.167. The standard InChI is InChI=1S/C42H34ClN3O4/c43-31-13-7-8-28(22-31)26-50-33-16-14-27(15-17-33)23-38-40(47)44-42(49)46(41(38)48)32-24-36-34(29-9-3-1-4-10-29)18-20-45-21-19-35(37(25-32)39(36)45)30-11-5-2-6-12-30/h1-17,22-25,34-35H,18-21,26H2,(H,44,47,49)/b38-23+/t34-,35+. The molecule has 3 aliphatic heterocycles. The Balaban J connectivity index is 1.15. The van der Waals surface area contributed by atoms with Crippen LogP contribution in [0, 0.1) is 0 Å². The Morgan fingerprint density at radius 1 is 0.740 bits per heavy atom. The lowest BCUT2D eigenvalue weighted by atomic mass is 9.76. The Bertz CT molecular complexity index is 2060. The minimum Gasteiger partial charge on any atom is -0.489 e. The first-order valence-corrected chi connectivity index (χ1v) is 17.2. The molecule has 1 fully saturated rings. The summed E-state index contributed by atoms with van der Waals surface area (Å²) in [5.74, 6) is -0.582. The van der Waals surface area contributed by atoms with Gasteiger partial charge in [-0.25, -0.2) is 9.69 Å². The van der Waals surface area contributed by atoms with E-state index in [0.29, 0.717) is 28.6 Å². The highest BCUT2D eigenvalue weighted by Crippen LogP contribution is 2.50. The number of benzene rings is 5. The van der Waals surface area contributed by atoms with Crippen LogP contribution in [-0.4, -0.2) is 30.9 Å². The van der Waals surface area contributed by atoms with E-state index in [-0.39, 0.29) is 17.4 Å². The van der Waals surface area contributed by atoms with E-state index in [9.17, 15) is 14.4 Å². The first-order chi connectivity index (χ1) is 24.4. The van der Waals surface area contributed by atoms with Gasteiger partial charge in [-0.2, -0.15) is 0 Å². The molecular weight excluding hydrogens is 646 g/mol. The van der Waals surface area contributed by atoms with Gasteiger partial charge in [0.15, 0.2) is 0 Å². The van der Waals surface area contributed by atoms with Crippen molar-refractivity contribution in [3.8, 4) is 5.75 Å². The van der Waals surface area contributed by atoms with Gasteiger partial charge >= 0.3 is 6.03 Å². The number of urea groups is 1. The summed E-state index contributed by atoms with van der Waals surface area (Å²) in [4.78, 5) is 44.4. The molecule has 0 aromatic heterocycles. The summed E-state index contributed by atoms with van der Waals surface area (Å²) in [6.45, 7) is 2.19. The van der Waals surface area contributed by atoms with Gasteiger partial charge in [0.1, 0.15) is 17.9 Å². The normalized spacial score (nSPS) is 19.3. The second kappa shape index (κ2) is 13.3. The highest BCUT2D eigenvalue weighted by Gasteiger charge is 2.40. The zero-order valence-electron chi connectivity index (χ0n) is 27.2. The van der Waals surface area contributed by atoms with Crippen molar-refractivity contribution in [2.24, 2.45) is 0 Å². The predicted molar refractivity (Wildman–Crippen MR) is 196 cm³/mol. The van der Waals surface area contributed by atoms with E-state index in [1.54, 1.807) is 24.3 Å². The van der Waals surface area contributed by atoms with Crippen LogP contribution in [0.4, 0.5) is 16.2 Å². The Hall–Kier alpha value is -5.66. The van der Waals surface area contributed by atoms with E-state index in [1.807, 2.05) is 72.8 Å². The maximum atomic E-state index is 14.2. The summed E-state index contributed by atoms with van der Waals surface area (Å²) in [6, 6.07) is 38.5. The fourth-order valence-corrected chi connectivity index (χ4v) is 7.69. The highest BCUT2D eigenvalue weighted by atomic mass is 35.5. The average Bonchev–Trinajstić information content (AvgIpc) is 3.14. The van der Waals surface area contributed by atoms with Gasteiger partial charge in [0.05, 0.1) is 5.69 Å². The molecule has 1 N–H and O–H groups in total. The Labute approximate surface area is 295 Å². The fourth-order valence-electron chi connectivity index (χ4n) is 7.48. The van der Waals surface area contributed by atoms with Gasteiger partial charge in [-0.3, -0.25) is 14.9 Å². The van der Waals surface area contributed by atoms with E-state index in [2.05, 4.69) is 34.5 Å². The molecule has 2 atom stereocenters.